The molecule has 0 aliphatic carbocycles. The number of hydrogen-bond acceptors (Lipinski definition) is 7. The summed E-state index contributed by atoms with van der Waals surface area (Å²) in [6.45, 7) is -0.982. The number of aromatic nitrogens is 2. The van der Waals surface area contributed by atoms with Crippen LogP contribution in [0.5, 0.6) is 0 Å². The summed E-state index contributed by atoms with van der Waals surface area (Å²) in [6, 6.07) is 11.0. The lowest BCUT2D eigenvalue weighted by Crippen LogP contribution is -2.28. The van der Waals surface area contributed by atoms with Crippen molar-refractivity contribution < 1.29 is 23.9 Å². The van der Waals surface area contributed by atoms with Crippen LogP contribution in [0.1, 0.15) is 20.7 Å². The first-order valence-corrected chi connectivity index (χ1v) is 9.21. The molecular formula is C21H16N4O6. The highest BCUT2D eigenvalue weighted by molar-refractivity contribution is 6.21. The molecule has 1 N–H and O–H groups in total. The van der Waals surface area contributed by atoms with Gasteiger partial charge < -0.3 is 10.1 Å². The molecule has 0 radical (unpaired) electrons. The minimum absolute atomic E-state index is 0.186. The number of para-hydroxylation sites is 1. The predicted molar refractivity (Wildman–Crippen MR) is 108 cm³/mol. The van der Waals surface area contributed by atoms with E-state index >= 15 is 0 Å². The van der Waals surface area contributed by atoms with Crippen LogP contribution in [0.15, 0.2) is 53.6 Å². The van der Waals surface area contributed by atoms with E-state index in [-0.39, 0.29) is 16.8 Å². The van der Waals surface area contributed by atoms with Crippen LogP contribution in [0.25, 0.3) is 10.9 Å². The molecule has 0 saturated carbocycles. The number of nitrogens with zero attached hydrogens (tertiary/aromatic N) is 3. The smallest absolute Gasteiger partial charge is 0.326 e. The summed E-state index contributed by atoms with van der Waals surface area (Å²) >= 11 is 0. The molecule has 0 atom stereocenters. The third-order valence-electron chi connectivity index (χ3n) is 4.77. The van der Waals surface area contributed by atoms with Gasteiger partial charge in [-0.25, -0.2) is 4.98 Å². The molecular weight excluding hydrogens is 404 g/mol. The van der Waals surface area contributed by atoms with Crippen LogP contribution in [0.4, 0.5) is 5.69 Å². The maximum atomic E-state index is 12.4. The summed E-state index contributed by atoms with van der Waals surface area (Å²) in [4.78, 5) is 65.6. The van der Waals surface area contributed by atoms with Crippen molar-refractivity contribution in [1.82, 2.24) is 14.5 Å². The first-order valence-electron chi connectivity index (χ1n) is 9.21. The lowest BCUT2D eigenvalue weighted by Gasteiger charge is -2.09. The molecule has 10 nitrogen and oxygen atoms in total. The molecule has 4 rings (SSSR count). The molecule has 0 saturated heterocycles. The van der Waals surface area contributed by atoms with Crippen LogP contribution in [-0.4, -0.2) is 51.8 Å². The van der Waals surface area contributed by atoms with E-state index in [1.54, 1.807) is 24.3 Å². The van der Waals surface area contributed by atoms with Gasteiger partial charge in [0.2, 0.25) is 0 Å². The third kappa shape index (κ3) is 3.78. The maximum Gasteiger partial charge on any atom is 0.326 e. The molecule has 156 valence electrons. The average molecular weight is 420 g/mol. The Balaban J connectivity index is 1.36. The minimum Gasteiger partial charge on any atom is -0.454 e. The van der Waals surface area contributed by atoms with Gasteiger partial charge in [0.1, 0.15) is 6.54 Å². The molecule has 1 aromatic heterocycles. The Hall–Kier alpha value is -4.34. The molecule has 2 heterocycles. The van der Waals surface area contributed by atoms with Crippen molar-refractivity contribution in [2.24, 2.45) is 0 Å². The summed E-state index contributed by atoms with van der Waals surface area (Å²) in [5.41, 5.74) is 0.842. The summed E-state index contributed by atoms with van der Waals surface area (Å²) in [5, 5.41) is 2.86. The molecule has 0 unspecified atom stereocenters. The van der Waals surface area contributed by atoms with Gasteiger partial charge in [-0.1, -0.05) is 12.1 Å². The van der Waals surface area contributed by atoms with E-state index in [0.29, 0.717) is 10.9 Å². The Morgan fingerprint density at radius 1 is 1.03 bits per heavy atom. The molecule has 3 amide bonds. The predicted octanol–water partition coefficient (Wildman–Crippen LogP) is 0.804. The number of fused-ring (bicyclic) bond motifs is 2. The largest absolute Gasteiger partial charge is 0.454 e. The number of benzene rings is 2. The minimum atomic E-state index is -0.786. The molecule has 1 aliphatic heterocycles. The average Bonchev–Trinajstić information content (AvgIpc) is 2.98. The van der Waals surface area contributed by atoms with Crippen LogP contribution < -0.4 is 10.9 Å². The van der Waals surface area contributed by atoms with Crippen LogP contribution >= 0.6 is 0 Å². The number of amides is 3. The van der Waals surface area contributed by atoms with E-state index in [0.717, 1.165) is 9.47 Å². The van der Waals surface area contributed by atoms with E-state index in [4.69, 9.17) is 4.74 Å². The molecule has 0 fully saturated rings. The van der Waals surface area contributed by atoms with Gasteiger partial charge in [0.15, 0.2) is 6.61 Å². The van der Waals surface area contributed by atoms with Crippen LogP contribution in [0.3, 0.4) is 0 Å². The number of rotatable bonds is 5. The van der Waals surface area contributed by atoms with Crippen molar-refractivity contribution in [2.45, 2.75) is 6.54 Å². The van der Waals surface area contributed by atoms with Gasteiger partial charge in [0, 0.05) is 12.7 Å². The maximum absolute atomic E-state index is 12.4. The van der Waals surface area contributed by atoms with Gasteiger partial charge in [-0.15, -0.1) is 0 Å². The molecule has 10 heteroatoms. The van der Waals surface area contributed by atoms with E-state index in [9.17, 15) is 24.0 Å². The molecule has 0 bridgehead atoms. The first-order chi connectivity index (χ1) is 14.8. The highest BCUT2D eigenvalue weighted by Crippen LogP contribution is 2.24. The number of hydrogen-bond donors (Lipinski definition) is 1. The molecule has 2 aromatic carbocycles. The number of imide groups is 1. The fraction of sp³-hybridized carbons (Fsp3) is 0.143. The van der Waals surface area contributed by atoms with Gasteiger partial charge >= 0.3 is 5.97 Å². The van der Waals surface area contributed by atoms with Gasteiger partial charge in [0.05, 0.1) is 28.4 Å². The number of nitrogens with one attached hydrogen (secondary N) is 1. The van der Waals surface area contributed by atoms with Gasteiger partial charge in [-0.05, 0) is 30.3 Å². The Morgan fingerprint density at radius 2 is 1.77 bits per heavy atom. The lowest BCUT2D eigenvalue weighted by molar-refractivity contribution is -0.147. The number of carbonyl (C=O) groups excluding carboxylic acids is 4. The quantitative estimate of drug-likeness (QED) is 0.478. The zero-order valence-corrected chi connectivity index (χ0v) is 16.3. The fourth-order valence-electron chi connectivity index (χ4n) is 3.19. The van der Waals surface area contributed by atoms with E-state index in [1.165, 1.54) is 31.6 Å². The second kappa shape index (κ2) is 7.82. The Kier molecular flexibility index (Phi) is 5.04. The number of carbonyl (C=O) groups is 4. The third-order valence-corrected chi connectivity index (χ3v) is 4.77. The standard InChI is InChI=1S/C21H16N4O6/c1-24-19(28)13-7-6-12(8-15(13)20(24)29)23-17(26)10-31-18(27)9-25-11-22-16-5-3-2-4-14(16)21(25)30/h2-8,11H,9-10H2,1H3,(H,23,26). The normalized spacial score (nSPS) is 12.7. The Bertz CT molecular complexity index is 1310. The van der Waals surface area contributed by atoms with Gasteiger partial charge in [0.25, 0.3) is 23.3 Å². The van der Waals surface area contributed by atoms with Crippen molar-refractivity contribution in [3.63, 3.8) is 0 Å². The lowest BCUT2D eigenvalue weighted by atomic mass is 10.1. The van der Waals surface area contributed by atoms with Gasteiger partial charge in [-0.3, -0.25) is 33.4 Å². The van der Waals surface area contributed by atoms with Crippen molar-refractivity contribution in [3.8, 4) is 0 Å². The van der Waals surface area contributed by atoms with Crippen LogP contribution in [-0.2, 0) is 20.9 Å². The van der Waals surface area contributed by atoms with Crippen molar-refractivity contribution >= 4 is 40.3 Å². The van der Waals surface area contributed by atoms with Crippen LogP contribution in [0.2, 0.25) is 0 Å². The summed E-state index contributed by atoms with van der Waals surface area (Å²) in [7, 11) is 1.37. The molecule has 31 heavy (non-hydrogen) atoms. The monoisotopic (exact) mass is 420 g/mol. The zero-order valence-electron chi connectivity index (χ0n) is 16.3. The topological polar surface area (TPSA) is 128 Å². The molecule has 3 aromatic rings. The molecule has 1 aliphatic rings. The SMILES string of the molecule is CN1C(=O)c2ccc(NC(=O)COC(=O)Cn3cnc4ccccc4c3=O)cc2C1=O. The number of ether oxygens (including phenoxy) is 1. The van der Waals surface area contributed by atoms with Crippen molar-refractivity contribution in [1.29, 1.82) is 0 Å². The van der Waals surface area contributed by atoms with Crippen molar-refractivity contribution in [2.75, 3.05) is 19.0 Å². The second-order valence-electron chi connectivity index (χ2n) is 6.83. The first kappa shape index (κ1) is 20.0. The summed E-state index contributed by atoms with van der Waals surface area (Å²) in [5.74, 6) is -2.30. The summed E-state index contributed by atoms with van der Waals surface area (Å²) in [6.07, 6.45) is 1.24. The fourth-order valence-corrected chi connectivity index (χ4v) is 3.19. The number of anilines is 1. The Morgan fingerprint density at radius 3 is 2.58 bits per heavy atom. The van der Waals surface area contributed by atoms with E-state index < -0.39 is 42.4 Å². The highest BCUT2D eigenvalue weighted by Gasteiger charge is 2.32. The molecule has 0 spiro atoms. The Labute approximate surface area is 175 Å². The van der Waals surface area contributed by atoms with E-state index in [1.807, 2.05) is 0 Å². The van der Waals surface area contributed by atoms with Gasteiger partial charge in [-0.2, -0.15) is 0 Å². The second-order valence-corrected chi connectivity index (χ2v) is 6.83. The van der Waals surface area contributed by atoms with E-state index in [2.05, 4.69) is 10.3 Å². The number of esters is 1. The van der Waals surface area contributed by atoms with Crippen LogP contribution in [0, 0.1) is 0 Å². The zero-order chi connectivity index (χ0) is 22.1. The highest BCUT2D eigenvalue weighted by atomic mass is 16.5. The summed E-state index contributed by atoms with van der Waals surface area (Å²) < 4.78 is 6.03. The van der Waals surface area contributed by atoms with Crippen molar-refractivity contribution in [3.05, 3.63) is 70.3 Å².